The Morgan fingerprint density at radius 2 is 1.70 bits per heavy atom. The summed E-state index contributed by atoms with van der Waals surface area (Å²) in [4.78, 5) is 32.2. The van der Waals surface area contributed by atoms with Gasteiger partial charge in [0.05, 0.1) is 0 Å². The normalized spacial score (nSPS) is 12.9. The van der Waals surface area contributed by atoms with Gasteiger partial charge < -0.3 is 19.9 Å². The first-order chi connectivity index (χ1) is 17.3. The van der Waals surface area contributed by atoms with Crippen molar-refractivity contribution in [2.75, 3.05) is 19.0 Å². The van der Waals surface area contributed by atoms with E-state index in [9.17, 15) is 26.7 Å². The van der Waals surface area contributed by atoms with Crippen molar-refractivity contribution in [2.24, 2.45) is 5.92 Å². The standard InChI is InChI=1S/C22H23F2N5O.C2HF3O2/c1-28(2)22-26-10-17(11-27-22)16-8-20(29(13-16)12-14-3-4-14)21(30)25-9-15-5-6-18(23)19(24)7-15;3-2(4,5)1(6)7/h5-8,10-11,13-14H,3-4,9,12H2,1-2H3,(H,25,30);(H,6,7). The number of carboxylic acids is 1. The molecule has 2 heterocycles. The van der Waals surface area contributed by atoms with Gasteiger partial charge in [-0.15, -0.1) is 0 Å². The van der Waals surface area contributed by atoms with Gasteiger partial charge in [0.2, 0.25) is 5.95 Å². The van der Waals surface area contributed by atoms with E-state index in [1.54, 1.807) is 12.4 Å². The van der Waals surface area contributed by atoms with E-state index < -0.39 is 23.8 Å². The summed E-state index contributed by atoms with van der Waals surface area (Å²) in [6, 6.07) is 5.42. The summed E-state index contributed by atoms with van der Waals surface area (Å²) in [7, 11) is 3.74. The Labute approximate surface area is 208 Å². The van der Waals surface area contributed by atoms with Gasteiger partial charge in [-0.05, 0) is 42.5 Å². The Kier molecular flexibility index (Phi) is 8.46. The highest BCUT2D eigenvalue weighted by Crippen LogP contribution is 2.32. The molecule has 0 spiro atoms. The number of carbonyl (C=O) groups is 2. The lowest BCUT2D eigenvalue weighted by Crippen LogP contribution is -2.25. The van der Waals surface area contributed by atoms with Crippen LogP contribution in [0.5, 0.6) is 0 Å². The molecule has 37 heavy (non-hydrogen) atoms. The number of aliphatic carboxylic acids is 1. The van der Waals surface area contributed by atoms with E-state index in [0.717, 1.165) is 42.6 Å². The van der Waals surface area contributed by atoms with Crippen molar-refractivity contribution in [2.45, 2.75) is 32.1 Å². The Hall–Kier alpha value is -4.03. The highest BCUT2D eigenvalue weighted by molar-refractivity contribution is 5.94. The first-order valence-corrected chi connectivity index (χ1v) is 11.1. The fourth-order valence-corrected chi connectivity index (χ4v) is 3.21. The molecule has 2 N–H and O–H groups in total. The molecule has 198 valence electrons. The summed E-state index contributed by atoms with van der Waals surface area (Å²) in [5.41, 5.74) is 2.70. The zero-order chi connectivity index (χ0) is 27.3. The van der Waals surface area contributed by atoms with Gasteiger partial charge in [-0.3, -0.25) is 4.79 Å². The Bertz CT molecular complexity index is 1250. The molecule has 3 aromatic rings. The van der Waals surface area contributed by atoms with Crippen molar-refractivity contribution in [3.63, 3.8) is 0 Å². The van der Waals surface area contributed by atoms with Gasteiger partial charge in [0.1, 0.15) is 5.69 Å². The largest absolute Gasteiger partial charge is 0.490 e. The van der Waals surface area contributed by atoms with Crippen molar-refractivity contribution in [3.8, 4) is 11.1 Å². The maximum Gasteiger partial charge on any atom is 0.490 e. The molecule has 0 unspecified atom stereocenters. The van der Waals surface area contributed by atoms with Gasteiger partial charge >= 0.3 is 12.1 Å². The topological polar surface area (TPSA) is 100 Å². The zero-order valence-corrected chi connectivity index (χ0v) is 19.9. The minimum Gasteiger partial charge on any atom is -0.475 e. The molecule has 13 heteroatoms. The second-order valence-electron chi connectivity index (χ2n) is 8.61. The Balaban J connectivity index is 0.000000479. The van der Waals surface area contributed by atoms with Crippen LogP contribution in [0.2, 0.25) is 0 Å². The Morgan fingerprint density at radius 3 is 2.22 bits per heavy atom. The van der Waals surface area contributed by atoms with Gasteiger partial charge in [-0.1, -0.05) is 6.07 Å². The molecule has 0 aliphatic heterocycles. The number of nitrogens with one attached hydrogen (secondary N) is 1. The van der Waals surface area contributed by atoms with Crippen LogP contribution in [-0.2, 0) is 17.9 Å². The second kappa shape index (κ2) is 11.4. The van der Waals surface area contributed by atoms with Gasteiger partial charge in [0.15, 0.2) is 11.6 Å². The van der Waals surface area contributed by atoms with Crippen LogP contribution in [0.1, 0.15) is 28.9 Å². The minimum atomic E-state index is -5.08. The van der Waals surface area contributed by atoms with Gasteiger partial charge in [0.25, 0.3) is 5.91 Å². The maximum atomic E-state index is 13.4. The fraction of sp³-hybridized carbons (Fsp3) is 0.333. The predicted molar refractivity (Wildman–Crippen MR) is 124 cm³/mol. The predicted octanol–water partition coefficient (Wildman–Crippen LogP) is 4.26. The summed E-state index contributed by atoms with van der Waals surface area (Å²) in [6.07, 6.45) is 2.65. The number of amides is 1. The van der Waals surface area contributed by atoms with Crippen LogP contribution < -0.4 is 10.2 Å². The van der Waals surface area contributed by atoms with Crippen LogP contribution >= 0.6 is 0 Å². The van der Waals surface area contributed by atoms with E-state index in [1.165, 1.54) is 6.07 Å². The third-order valence-corrected chi connectivity index (χ3v) is 5.33. The molecule has 1 amide bonds. The number of anilines is 1. The summed E-state index contributed by atoms with van der Waals surface area (Å²) in [5.74, 6) is -3.67. The SMILES string of the molecule is CN(C)c1ncc(-c2cc(C(=O)NCc3ccc(F)c(F)c3)n(CC3CC3)c2)cn1.O=C(O)C(F)(F)F. The highest BCUT2D eigenvalue weighted by Gasteiger charge is 2.38. The van der Waals surface area contributed by atoms with E-state index in [0.29, 0.717) is 23.1 Å². The number of carboxylic acid groups (broad SMARTS) is 1. The molecular formula is C24H24F5N5O3. The smallest absolute Gasteiger partial charge is 0.475 e. The molecular weight excluding hydrogens is 501 g/mol. The van der Waals surface area contributed by atoms with E-state index in [1.807, 2.05) is 35.8 Å². The number of hydrogen-bond donors (Lipinski definition) is 2. The quantitative estimate of drug-likeness (QED) is 0.447. The molecule has 2 aromatic heterocycles. The number of carbonyl (C=O) groups excluding carboxylic acids is 1. The average molecular weight is 525 g/mol. The van der Waals surface area contributed by atoms with Crippen LogP contribution in [-0.4, -0.2) is 51.8 Å². The third-order valence-electron chi connectivity index (χ3n) is 5.33. The summed E-state index contributed by atoms with van der Waals surface area (Å²) in [5, 5.41) is 9.92. The summed E-state index contributed by atoms with van der Waals surface area (Å²) < 4.78 is 60.2. The van der Waals surface area contributed by atoms with Crippen LogP contribution in [0.15, 0.2) is 42.9 Å². The molecule has 0 saturated heterocycles. The van der Waals surface area contributed by atoms with Gasteiger partial charge in [-0.2, -0.15) is 13.2 Å². The van der Waals surface area contributed by atoms with Crippen LogP contribution in [0.25, 0.3) is 11.1 Å². The van der Waals surface area contributed by atoms with Gasteiger partial charge in [0, 0.05) is 56.9 Å². The molecule has 1 saturated carbocycles. The number of benzene rings is 1. The third kappa shape index (κ3) is 7.72. The molecule has 1 aliphatic carbocycles. The zero-order valence-electron chi connectivity index (χ0n) is 19.9. The number of aromatic nitrogens is 3. The first kappa shape index (κ1) is 27.6. The Morgan fingerprint density at radius 1 is 1.08 bits per heavy atom. The van der Waals surface area contributed by atoms with E-state index >= 15 is 0 Å². The fourth-order valence-electron chi connectivity index (χ4n) is 3.21. The summed E-state index contributed by atoms with van der Waals surface area (Å²) >= 11 is 0. The second-order valence-corrected chi connectivity index (χ2v) is 8.61. The number of hydrogen-bond acceptors (Lipinski definition) is 5. The monoisotopic (exact) mass is 525 g/mol. The van der Waals surface area contributed by atoms with Crippen LogP contribution in [0.3, 0.4) is 0 Å². The number of nitrogens with zero attached hydrogens (tertiary/aromatic N) is 4. The van der Waals surface area contributed by atoms with Crippen molar-refractivity contribution in [1.29, 1.82) is 0 Å². The van der Waals surface area contributed by atoms with Crippen molar-refractivity contribution >= 4 is 17.8 Å². The lowest BCUT2D eigenvalue weighted by Gasteiger charge is -2.09. The maximum absolute atomic E-state index is 13.4. The van der Waals surface area contributed by atoms with Crippen molar-refractivity contribution < 1.29 is 36.6 Å². The molecule has 0 radical (unpaired) electrons. The number of alkyl halides is 3. The highest BCUT2D eigenvalue weighted by atomic mass is 19.4. The molecule has 4 rings (SSSR count). The molecule has 0 bridgehead atoms. The molecule has 0 atom stereocenters. The lowest BCUT2D eigenvalue weighted by molar-refractivity contribution is -0.192. The number of rotatable bonds is 7. The molecule has 1 aliphatic rings. The molecule has 1 aromatic carbocycles. The first-order valence-electron chi connectivity index (χ1n) is 11.1. The van der Waals surface area contributed by atoms with Gasteiger partial charge in [-0.25, -0.2) is 23.5 Å². The van der Waals surface area contributed by atoms with E-state index in [2.05, 4.69) is 15.3 Å². The van der Waals surface area contributed by atoms with E-state index in [-0.39, 0.29) is 12.5 Å². The molecule has 8 nitrogen and oxygen atoms in total. The van der Waals surface area contributed by atoms with Crippen molar-refractivity contribution in [1.82, 2.24) is 19.9 Å². The molecule has 1 fully saturated rings. The minimum absolute atomic E-state index is 0.112. The van der Waals surface area contributed by atoms with E-state index in [4.69, 9.17) is 9.90 Å². The van der Waals surface area contributed by atoms with Crippen LogP contribution in [0, 0.1) is 17.6 Å². The van der Waals surface area contributed by atoms with Crippen molar-refractivity contribution in [3.05, 3.63) is 65.7 Å². The van der Waals surface area contributed by atoms with Crippen LogP contribution in [0.4, 0.5) is 27.9 Å². The number of halogens is 5. The average Bonchev–Trinajstić information content (AvgIpc) is 3.55. The summed E-state index contributed by atoms with van der Waals surface area (Å²) in [6.45, 7) is 0.880. The lowest BCUT2D eigenvalue weighted by atomic mass is 10.2.